The Morgan fingerprint density at radius 2 is 2.13 bits per heavy atom. The van der Waals surface area contributed by atoms with Crippen LogP contribution < -0.4 is 5.32 Å². The van der Waals surface area contributed by atoms with Gasteiger partial charge in [0.25, 0.3) is 0 Å². The molecule has 0 radical (unpaired) electrons. The maximum Gasteiger partial charge on any atom is 0.234 e. The summed E-state index contributed by atoms with van der Waals surface area (Å²) in [6.07, 6.45) is 0.769. The van der Waals surface area contributed by atoms with Gasteiger partial charge in [0.05, 0.1) is 14.2 Å². The van der Waals surface area contributed by atoms with Crippen LogP contribution in [0, 0.1) is 11.3 Å². The summed E-state index contributed by atoms with van der Waals surface area (Å²) in [5.41, 5.74) is -0.178. The van der Waals surface area contributed by atoms with Crippen molar-refractivity contribution < 1.29 is 9.47 Å². The average molecular weight is 209 g/mol. The Balaban J connectivity index is 3.17. The smallest absolute Gasteiger partial charge is 0.234 e. The van der Waals surface area contributed by atoms with Crippen molar-refractivity contribution in [1.82, 2.24) is 5.32 Å². The van der Waals surface area contributed by atoms with Crippen molar-refractivity contribution >= 4 is 5.90 Å². The van der Waals surface area contributed by atoms with E-state index < -0.39 is 5.66 Å². The van der Waals surface area contributed by atoms with Crippen LogP contribution in [0.5, 0.6) is 0 Å². The van der Waals surface area contributed by atoms with Crippen molar-refractivity contribution in [3.8, 4) is 6.07 Å². The van der Waals surface area contributed by atoms with Gasteiger partial charge in [0.1, 0.15) is 11.7 Å². The molecule has 1 atom stereocenters. The molecular formula is C10H15N3O2. The zero-order chi connectivity index (χ0) is 11.5. The fraction of sp³-hybridized carbons (Fsp3) is 0.600. The first-order valence-electron chi connectivity index (χ1n) is 4.71. The number of hydrogen-bond acceptors (Lipinski definition) is 5. The number of rotatable bonds is 2. The highest BCUT2D eigenvalue weighted by Crippen LogP contribution is 2.22. The molecule has 0 bridgehead atoms. The molecule has 0 spiro atoms. The van der Waals surface area contributed by atoms with Crippen molar-refractivity contribution in [1.29, 1.82) is 5.26 Å². The Hall–Kier alpha value is -1.70. The predicted molar refractivity (Wildman–Crippen MR) is 55.9 cm³/mol. The van der Waals surface area contributed by atoms with E-state index >= 15 is 0 Å². The van der Waals surface area contributed by atoms with E-state index in [-0.39, 0.29) is 0 Å². The summed E-state index contributed by atoms with van der Waals surface area (Å²) in [5.74, 6) is 0.728. The zero-order valence-corrected chi connectivity index (χ0v) is 9.42. The van der Waals surface area contributed by atoms with Crippen LogP contribution in [0.2, 0.25) is 0 Å². The molecule has 1 rings (SSSR count). The molecule has 1 heterocycles. The minimum Gasteiger partial charge on any atom is -0.481 e. The lowest BCUT2D eigenvalue weighted by Gasteiger charge is -2.31. The van der Waals surface area contributed by atoms with E-state index in [4.69, 9.17) is 14.7 Å². The third-order valence-electron chi connectivity index (χ3n) is 2.37. The van der Waals surface area contributed by atoms with E-state index in [9.17, 15) is 0 Å². The second-order valence-electron chi connectivity index (χ2n) is 3.39. The summed E-state index contributed by atoms with van der Waals surface area (Å²) in [7, 11) is 3.00. The number of aliphatic imine (C=N–C) groups is 1. The van der Waals surface area contributed by atoms with Crippen LogP contribution in [-0.2, 0) is 9.47 Å². The Bertz CT molecular complexity index is 354. The molecule has 1 unspecified atom stereocenters. The molecule has 0 saturated carbocycles. The van der Waals surface area contributed by atoms with Crippen molar-refractivity contribution in [2.75, 3.05) is 14.2 Å². The van der Waals surface area contributed by atoms with E-state index in [2.05, 4.69) is 10.3 Å². The summed E-state index contributed by atoms with van der Waals surface area (Å²) in [6, 6.07) is 2.00. The highest BCUT2D eigenvalue weighted by Gasteiger charge is 2.32. The van der Waals surface area contributed by atoms with Crippen molar-refractivity contribution in [2.45, 2.75) is 25.9 Å². The minimum atomic E-state index is -0.475. The largest absolute Gasteiger partial charge is 0.481 e. The Kier molecular flexibility index (Phi) is 3.20. The number of nitrogens with one attached hydrogen (secondary N) is 1. The van der Waals surface area contributed by atoms with Crippen molar-refractivity contribution in [3.63, 3.8) is 0 Å². The van der Waals surface area contributed by atoms with Gasteiger partial charge in [0.15, 0.2) is 5.57 Å². The summed E-state index contributed by atoms with van der Waals surface area (Å²) >= 11 is 0. The summed E-state index contributed by atoms with van der Waals surface area (Å²) in [5, 5.41) is 12.0. The molecular weight excluding hydrogens is 194 g/mol. The van der Waals surface area contributed by atoms with E-state index in [1.165, 1.54) is 14.2 Å². The van der Waals surface area contributed by atoms with E-state index in [1.807, 2.05) is 19.9 Å². The normalized spacial score (nSPS) is 25.1. The van der Waals surface area contributed by atoms with Gasteiger partial charge >= 0.3 is 0 Å². The molecule has 0 saturated heterocycles. The number of nitriles is 1. The summed E-state index contributed by atoms with van der Waals surface area (Å²) in [4.78, 5) is 4.32. The topological polar surface area (TPSA) is 66.6 Å². The van der Waals surface area contributed by atoms with Crippen LogP contribution in [0.4, 0.5) is 0 Å². The predicted octanol–water partition coefficient (Wildman–Crippen LogP) is 1.14. The first-order valence-corrected chi connectivity index (χ1v) is 4.71. The van der Waals surface area contributed by atoms with Crippen LogP contribution in [0.3, 0.4) is 0 Å². The van der Waals surface area contributed by atoms with E-state index in [1.54, 1.807) is 0 Å². The number of methoxy groups -OCH3 is 2. The van der Waals surface area contributed by atoms with Crippen molar-refractivity contribution in [2.24, 2.45) is 4.99 Å². The van der Waals surface area contributed by atoms with Gasteiger partial charge < -0.3 is 14.8 Å². The number of hydrogen-bond donors (Lipinski definition) is 1. The summed E-state index contributed by atoms with van der Waals surface area (Å²) < 4.78 is 10.2. The monoisotopic (exact) mass is 209 g/mol. The fourth-order valence-electron chi connectivity index (χ4n) is 1.28. The van der Waals surface area contributed by atoms with Gasteiger partial charge in [0.2, 0.25) is 11.8 Å². The highest BCUT2D eigenvalue weighted by atomic mass is 16.5. The van der Waals surface area contributed by atoms with Gasteiger partial charge in [-0.2, -0.15) is 5.26 Å². The molecule has 5 heteroatoms. The molecule has 82 valence electrons. The minimum absolute atomic E-state index is 0.297. The van der Waals surface area contributed by atoms with Crippen molar-refractivity contribution in [3.05, 3.63) is 11.5 Å². The van der Waals surface area contributed by atoms with E-state index in [0.717, 1.165) is 6.42 Å². The van der Waals surface area contributed by atoms with Gasteiger partial charge in [-0.1, -0.05) is 6.92 Å². The molecule has 15 heavy (non-hydrogen) atoms. The first-order chi connectivity index (χ1) is 7.10. The SMILES string of the molecule is CCC1(C)N=C(OC)C(C#N)=C(OC)N1. The summed E-state index contributed by atoms with van der Waals surface area (Å²) in [6.45, 7) is 3.91. The number of ether oxygens (including phenoxy) is 2. The van der Waals surface area contributed by atoms with Crippen LogP contribution in [0.25, 0.3) is 0 Å². The molecule has 1 aliphatic rings. The Morgan fingerprint density at radius 1 is 1.47 bits per heavy atom. The molecule has 5 nitrogen and oxygen atoms in total. The van der Waals surface area contributed by atoms with Crippen LogP contribution >= 0.6 is 0 Å². The van der Waals surface area contributed by atoms with E-state index in [0.29, 0.717) is 17.4 Å². The molecule has 1 N–H and O–H groups in total. The quantitative estimate of drug-likeness (QED) is 0.740. The molecule has 1 aliphatic heterocycles. The second kappa shape index (κ2) is 4.22. The molecule has 0 aromatic heterocycles. The lowest BCUT2D eigenvalue weighted by Crippen LogP contribution is -2.45. The van der Waals surface area contributed by atoms with Crippen LogP contribution in [0.1, 0.15) is 20.3 Å². The molecule has 0 aromatic carbocycles. The van der Waals surface area contributed by atoms with Gasteiger partial charge in [0, 0.05) is 0 Å². The molecule has 0 aliphatic carbocycles. The highest BCUT2D eigenvalue weighted by molar-refractivity contribution is 5.98. The average Bonchev–Trinajstić information content (AvgIpc) is 2.27. The van der Waals surface area contributed by atoms with Gasteiger partial charge in [-0.15, -0.1) is 0 Å². The zero-order valence-electron chi connectivity index (χ0n) is 9.42. The third kappa shape index (κ3) is 2.04. The maximum atomic E-state index is 8.95. The first kappa shape index (κ1) is 11.4. The lowest BCUT2D eigenvalue weighted by atomic mass is 10.1. The Morgan fingerprint density at radius 3 is 2.53 bits per heavy atom. The van der Waals surface area contributed by atoms with Crippen LogP contribution in [-0.4, -0.2) is 25.8 Å². The molecule has 0 aromatic rings. The lowest BCUT2D eigenvalue weighted by molar-refractivity contribution is 0.209. The molecule has 0 amide bonds. The van der Waals surface area contributed by atoms with Crippen LogP contribution in [0.15, 0.2) is 16.4 Å². The second-order valence-corrected chi connectivity index (χ2v) is 3.39. The van der Waals surface area contributed by atoms with Gasteiger partial charge in [-0.05, 0) is 13.3 Å². The standard InChI is InChI=1S/C10H15N3O2/c1-5-10(2)12-8(14-3)7(6-11)9(13-10)15-4/h12H,5H2,1-4H3. The Labute approximate surface area is 89.4 Å². The van der Waals surface area contributed by atoms with Gasteiger partial charge in [-0.25, -0.2) is 4.99 Å². The third-order valence-corrected chi connectivity index (χ3v) is 2.37. The number of nitrogens with zero attached hydrogens (tertiary/aromatic N) is 2. The fourth-order valence-corrected chi connectivity index (χ4v) is 1.28. The maximum absolute atomic E-state index is 8.95. The molecule has 0 fully saturated rings. The van der Waals surface area contributed by atoms with Gasteiger partial charge in [-0.3, -0.25) is 0 Å².